The quantitative estimate of drug-likeness (QED) is 0.401. The number of thiocarbonyl (C=S) groups is 1. The lowest BCUT2D eigenvalue weighted by atomic mass is 10.2. The van der Waals surface area contributed by atoms with Gasteiger partial charge in [0.2, 0.25) is 0 Å². The third-order valence-electron chi connectivity index (χ3n) is 3.85. The zero-order valence-corrected chi connectivity index (χ0v) is 17.8. The number of hydrogen-bond donors (Lipinski definition) is 3. The maximum absolute atomic E-state index is 12.5. The van der Waals surface area contributed by atoms with Crippen LogP contribution in [0, 0.1) is 0 Å². The molecule has 0 aliphatic heterocycles. The molecule has 2 amide bonds. The Balaban J connectivity index is 1.60. The van der Waals surface area contributed by atoms with E-state index in [2.05, 4.69) is 16.2 Å². The molecule has 1 aromatic heterocycles. The Morgan fingerprint density at radius 2 is 1.79 bits per heavy atom. The molecule has 6 nitrogen and oxygen atoms in total. The van der Waals surface area contributed by atoms with E-state index in [9.17, 15) is 9.59 Å². The fourth-order valence-electron chi connectivity index (χ4n) is 2.52. The van der Waals surface area contributed by atoms with Gasteiger partial charge in [0.25, 0.3) is 11.8 Å². The summed E-state index contributed by atoms with van der Waals surface area (Å²) >= 11 is 12.7. The summed E-state index contributed by atoms with van der Waals surface area (Å²) in [5.41, 5.74) is 5.33. The molecule has 29 heavy (non-hydrogen) atoms. The van der Waals surface area contributed by atoms with Crippen LogP contribution in [0.3, 0.4) is 0 Å². The number of para-hydroxylation sites is 1. The van der Waals surface area contributed by atoms with Gasteiger partial charge in [0.05, 0.1) is 17.2 Å². The van der Waals surface area contributed by atoms with Crippen molar-refractivity contribution < 1.29 is 14.3 Å². The summed E-state index contributed by atoms with van der Waals surface area (Å²) in [5.74, 6) is -0.418. The number of amides is 2. The van der Waals surface area contributed by atoms with Crippen molar-refractivity contribution in [3.05, 3.63) is 64.0 Å². The van der Waals surface area contributed by atoms with E-state index >= 15 is 0 Å². The Bertz CT molecular complexity index is 1070. The minimum absolute atomic E-state index is 0.0501. The van der Waals surface area contributed by atoms with E-state index in [4.69, 9.17) is 28.6 Å². The molecule has 0 radical (unpaired) electrons. The number of benzene rings is 2. The van der Waals surface area contributed by atoms with E-state index in [1.54, 1.807) is 24.3 Å². The molecule has 0 bridgehead atoms. The maximum Gasteiger partial charge on any atom is 0.281 e. The lowest BCUT2D eigenvalue weighted by Gasteiger charge is -2.13. The molecule has 3 rings (SSSR count). The Morgan fingerprint density at radius 3 is 2.55 bits per heavy atom. The number of rotatable bonds is 5. The highest BCUT2D eigenvalue weighted by Crippen LogP contribution is 2.34. The van der Waals surface area contributed by atoms with Crippen LogP contribution >= 0.6 is 35.2 Å². The highest BCUT2D eigenvalue weighted by atomic mass is 35.5. The van der Waals surface area contributed by atoms with Crippen LogP contribution in [0.1, 0.15) is 33.4 Å². The average Bonchev–Trinajstić information content (AvgIpc) is 3.07. The minimum Gasteiger partial charge on any atom is -0.493 e. The minimum atomic E-state index is -0.445. The van der Waals surface area contributed by atoms with Crippen molar-refractivity contribution in [3.8, 4) is 5.75 Å². The Morgan fingerprint density at radius 1 is 1.07 bits per heavy atom. The van der Waals surface area contributed by atoms with Gasteiger partial charge >= 0.3 is 0 Å². The first-order valence-corrected chi connectivity index (χ1v) is 10.4. The number of hydrazine groups is 1. The topological polar surface area (TPSA) is 79.5 Å². The molecule has 0 aliphatic rings. The van der Waals surface area contributed by atoms with E-state index in [1.165, 1.54) is 11.3 Å². The number of carbonyl (C=O) groups excluding carboxylic acids is 2. The number of halogens is 1. The largest absolute Gasteiger partial charge is 0.493 e. The van der Waals surface area contributed by atoms with Crippen LogP contribution in [-0.2, 0) is 0 Å². The van der Waals surface area contributed by atoms with Gasteiger partial charge in [-0.3, -0.25) is 25.8 Å². The third kappa shape index (κ3) is 5.03. The third-order valence-corrected chi connectivity index (χ3v) is 5.73. The van der Waals surface area contributed by atoms with Gasteiger partial charge in [-0.05, 0) is 36.8 Å². The van der Waals surface area contributed by atoms with Crippen LogP contribution in [0.2, 0.25) is 5.02 Å². The second-order valence-electron chi connectivity index (χ2n) is 5.95. The Kier molecular flexibility index (Phi) is 7.03. The van der Waals surface area contributed by atoms with Gasteiger partial charge in [0.1, 0.15) is 10.6 Å². The van der Waals surface area contributed by atoms with Gasteiger partial charge in [0.15, 0.2) is 5.11 Å². The van der Waals surface area contributed by atoms with Crippen molar-refractivity contribution >= 4 is 62.2 Å². The van der Waals surface area contributed by atoms with E-state index in [0.717, 1.165) is 16.5 Å². The van der Waals surface area contributed by atoms with Crippen molar-refractivity contribution in [2.45, 2.75) is 13.3 Å². The van der Waals surface area contributed by atoms with Gasteiger partial charge in [-0.1, -0.05) is 48.9 Å². The highest BCUT2D eigenvalue weighted by molar-refractivity contribution is 7.80. The SMILES string of the molecule is CCCOc1ccccc1C(=O)NC(=S)NNC(=O)c1sc2ccccc2c1Cl. The lowest BCUT2D eigenvalue weighted by molar-refractivity contribution is 0.0937. The molecule has 150 valence electrons. The van der Waals surface area contributed by atoms with Crippen LogP contribution in [0.5, 0.6) is 5.75 Å². The second-order valence-corrected chi connectivity index (χ2v) is 7.79. The summed E-state index contributed by atoms with van der Waals surface area (Å²) in [6.45, 7) is 2.48. The number of nitrogens with one attached hydrogen (secondary N) is 3. The monoisotopic (exact) mass is 447 g/mol. The lowest BCUT2D eigenvalue weighted by Crippen LogP contribution is -2.48. The van der Waals surface area contributed by atoms with Crippen LogP contribution in [0.25, 0.3) is 10.1 Å². The van der Waals surface area contributed by atoms with Crippen LogP contribution < -0.4 is 20.9 Å². The number of fused-ring (bicyclic) bond motifs is 1. The van der Waals surface area contributed by atoms with Crippen LogP contribution in [0.15, 0.2) is 48.5 Å². The predicted molar refractivity (Wildman–Crippen MR) is 120 cm³/mol. The average molecular weight is 448 g/mol. The maximum atomic E-state index is 12.5. The van der Waals surface area contributed by atoms with Gasteiger partial charge in [-0.2, -0.15) is 0 Å². The molecule has 0 saturated carbocycles. The summed E-state index contributed by atoms with van der Waals surface area (Å²) in [7, 11) is 0. The molecular weight excluding hydrogens is 430 g/mol. The van der Waals surface area contributed by atoms with E-state index in [1.807, 2.05) is 31.2 Å². The summed E-state index contributed by atoms with van der Waals surface area (Å²) in [4.78, 5) is 25.3. The number of hydrogen-bond acceptors (Lipinski definition) is 5. The first-order chi connectivity index (χ1) is 14.0. The zero-order valence-electron chi connectivity index (χ0n) is 15.5. The van der Waals surface area contributed by atoms with E-state index in [0.29, 0.717) is 27.8 Å². The molecule has 3 aromatic rings. The summed E-state index contributed by atoms with van der Waals surface area (Å²) in [6.07, 6.45) is 0.822. The zero-order chi connectivity index (χ0) is 20.8. The normalized spacial score (nSPS) is 10.4. The summed E-state index contributed by atoms with van der Waals surface area (Å²) in [6, 6.07) is 14.3. The molecule has 1 heterocycles. The molecule has 0 atom stereocenters. The van der Waals surface area contributed by atoms with Crippen molar-refractivity contribution in [1.82, 2.24) is 16.2 Å². The van der Waals surface area contributed by atoms with Crippen molar-refractivity contribution in [2.75, 3.05) is 6.61 Å². The van der Waals surface area contributed by atoms with Gasteiger partial charge in [-0.25, -0.2) is 0 Å². The highest BCUT2D eigenvalue weighted by Gasteiger charge is 2.18. The van der Waals surface area contributed by atoms with Crippen molar-refractivity contribution in [1.29, 1.82) is 0 Å². The van der Waals surface area contributed by atoms with E-state index < -0.39 is 11.8 Å². The predicted octanol–water partition coefficient (Wildman–Crippen LogP) is 4.29. The standard InChI is InChI=1S/C20H18ClN3O3S2/c1-2-11-27-14-9-5-3-7-12(14)18(25)22-20(28)24-23-19(26)17-16(21)13-8-4-6-10-15(13)29-17/h3-10H,2,11H2,1H3,(H,23,26)(H2,22,24,25,28). The molecule has 0 spiro atoms. The smallest absolute Gasteiger partial charge is 0.281 e. The molecule has 3 N–H and O–H groups in total. The molecule has 0 saturated heterocycles. The molecule has 2 aromatic carbocycles. The number of thiophene rings is 1. The van der Waals surface area contributed by atoms with Crippen molar-refractivity contribution in [3.63, 3.8) is 0 Å². The number of ether oxygens (including phenoxy) is 1. The van der Waals surface area contributed by atoms with Gasteiger partial charge in [-0.15, -0.1) is 11.3 Å². The van der Waals surface area contributed by atoms with E-state index in [-0.39, 0.29) is 5.11 Å². The molecular formula is C20H18ClN3O3S2. The Hall–Kier alpha value is -2.68. The fraction of sp³-hybridized carbons (Fsp3) is 0.150. The second kappa shape index (κ2) is 9.69. The summed E-state index contributed by atoms with van der Waals surface area (Å²) in [5, 5.41) is 3.65. The fourth-order valence-corrected chi connectivity index (χ4v) is 4.08. The molecule has 0 fully saturated rings. The van der Waals surface area contributed by atoms with Gasteiger partial charge < -0.3 is 4.74 Å². The number of carbonyl (C=O) groups is 2. The first kappa shape index (κ1) is 21.0. The van der Waals surface area contributed by atoms with Crippen LogP contribution in [-0.4, -0.2) is 23.5 Å². The molecule has 9 heteroatoms. The Labute approximate surface area is 182 Å². The molecule has 0 unspecified atom stereocenters. The van der Waals surface area contributed by atoms with Crippen molar-refractivity contribution in [2.24, 2.45) is 0 Å². The van der Waals surface area contributed by atoms with Crippen LogP contribution in [0.4, 0.5) is 0 Å². The van der Waals surface area contributed by atoms with Gasteiger partial charge in [0, 0.05) is 10.1 Å². The molecule has 0 aliphatic carbocycles. The summed E-state index contributed by atoms with van der Waals surface area (Å²) < 4.78 is 6.48. The first-order valence-electron chi connectivity index (χ1n) is 8.81.